The smallest absolute Gasteiger partial charge is 0.266 e. The molecule has 5 nitrogen and oxygen atoms in total. The Hall–Kier alpha value is -4.10. The van der Waals surface area contributed by atoms with Crippen LogP contribution in [0.3, 0.4) is 0 Å². The molecule has 0 saturated heterocycles. The van der Waals surface area contributed by atoms with Crippen LogP contribution in [0.15, 0.2) is 112 Å². The molecule has 0 N–H and O–H groups in total. The Balaban J connectivity index is 1.66. The summed E-state index contributed by atoms with van der Waals surface area (Å²) in [5.41, 5.74) is 1.95. The molecule has 1 amide bonds. The Kier molecular flexibility index (Phi) is 7.47. The van der Waals surface area contributed by atoms with Crippen LogP contribution in [-0.4, -0.2) is 26.9 Å². The minimum atomic E-state index is -0.647. The van der Waals surface area contributed by atoms with Crippen LogP contribution in [0.5, 0.6) is 0 Å². The molecule has 38 heavy (non-hydrogen) atoms. The van der Waals surface area contributed by atoms with Crippen LogP contribution < -0.4 is 5.56 Å². The van der Waals surface area contributed by atoms with Gasteiger partial charge in [-0.1, -0.05) is 70.5 Å². The SMILES string of the molecule is CC(c1nc2ccccc2c(=O)n1-c1ccc(Br)cc1)N(CCc1ccccc1)C(=O)c1ccccc1F. The molecule has 0 aliphatic rings. The van der Waals surface area contributed by atoms with E-state index in [1.807, 2.05) is 67.6 Å². The van der Waals surface area contributed by atoms with E-state index in [2.05, 4.69) is 15.9 Å². The van der Waals surface area contributed by atoms with Gasteiger partial charge in [0.15, 0.2) is 0 Å². The highest BCUT2D eigenvalue weighted by Gasteiger charge is 2.29. The van der Waals surface area contributed by atoms with Crippen molar-refractivity contribution in [3.63, 3.8) is 0 Å². The second-order valence-corrected chi connectivity index (χ2v) is 9.91. The second-order valence-electron chi connectivity index (χ2n) is 8.99. The summed E-state index contributed by atoms with van der Waals surface area (Å²) in [7, 11) is 0. The Morgan fingerprint density at radius 1 is 0.921 bits per heavy atom. The first-order valence-corrected chi connectivity index (χ1v) is 13.1. The monoisotopic (exact) mass is 569 g/mol. The first-order valence-electron chi connectivity index (χ1n) is 12.3. The number of amides is 1. The van der Waals surface area contributed by atoms with Crippen molar-refractivity contribution in [2.45, 2.75) is 19.4 Å². The fourth-order valence-electron chi connectivity index (χ4n) is 4.56. The number of carbonyl (C=O) groups excluding carboxylic acids is 1. The van der Waals surface area contributed by atoms with Crippen LogP contribution in [0.25, 0.3) is 16.6 Å². The van der Waals surface area contributed by atoms with E-state index in [1.54, 1.807) is 39.8 Å². The van der Waals surface area contributed by atoms with Gasteiger partial charge in [-0.3, -0.25) is 14.2 Å². The fraction of sp³-hybridized carbons (Fsp3) is 0.129. The molecule has 4 aromatic carbocycles. The molecular weight excluding hydrogens is 545 g/mol. The standard InChI is InChI=1S/C31H25BrFN3O2/c1-21(35(20-19-22-9-3-2-4-10-22)30(37)25-11-5-7-13-27(25)33)29-34-28-14-8-6-12-26(28)31(38)36(29)24-17-15-23(32)16-18-24/h2-18,21H,19-20H2,1H3. The maximum Gasteiger partial charge on any atom is 0.266 e. The summed E-state index contributed by atoms with van der Waals surface area (Å²) in [6.07, 6.45) is 0.557. The van der Waals surface area contributed by atoms with Crippen molar-refractivity contribution in [3.05, 3.63) is 141 Å². The summed E-state index contributed by atoms with van der Waals surface area (Å²) >= 11 is 3.45. The van der Waals surface area contributed by atoms with Gasteiger partial charge in [0, 0.05) is 11.0 Å². The molecule has 1 unspecified atom stereocenters. The van der Waals surface area contributed by atoms with Crippen LogP contribution in [0.1, 0.15) is 34.7 Å². The predicted molar refractivity (Wildman–Crippen MR) is 151 cm³/mol. The summed E-state index contributed by atoms with van der Waals surface area (Å²) < 4.78 is 17.2. The number of halogens is 2. The van der Waals surface area contributed by atoms with E-state index >= 15 is 0 Å². The number of fused-ring (bicyclic) bond motifs is 1. The lowest BCUT2D eigenvalue weighted by Crippen LogP contribution is -2.39. The molecule has 5 rings (SSSR count). The minimum Gasteiger partial charge on any atom is -0.328 e. The zero-order valence-electron chi connectivity index (χ0n) is 20.7. The van der Waals surface area contributed by atoms with E-state index in [4.69, 9.17) is 4.98 Å². The average Bonchev–Trinajstić information content (AvgIpc) is 2.94. The first kappa shape index (κ1) is 25.5. The van der Waals surface area contributed by atoms with Crippen molar-refractivity contribution >= 4 is 32.7 Å². The molecule has 0 aliphatic heterocycles. The largest absolute Gasteiger partial charge is 0.328 e. The van der Waals surface area contributed by atoms with Gasteiger partial charge in [-0.15, -0.1) is 0 Å². The topological polar surface area (TPSA) is 55.2 Å². The third-order valence-electron chi connectivity index (χ3n) is 6.58. The van der Waals surface area contributed by atoms with E-state index in [1.165, 1.54) is 12.1 Å². The lowest BCUT2D eigenvalue weighted by Gasteiger charge is -2.31. The van der Waals surface area contributed by atoms with E-state index in [0.29, 0.717) is 35.4 Å². The van der Waals surface area contributed by atoms with E-state index in [9.17, 15) is 14.0 Å². The van der Waals surface area contributed by atoms with Crippen molar-refractivity contribution < 1.29 is 9.18 Å². The molecule has 0 aliphatic carbocycles. The number of benzene rings is 4. The van der Waals surface area contributed by atoms with E-state index in [-0.39, 0.29) is 11.1 Å². The third kappa shape index (κ3) is 5.15. The number of hydrogen-bond acceptors (Lipinski definition) is 3. The summed E-state index contributed by atoms with van der Waals surface area (Å²) in [4.78, 5) is 34.1. The highest BCUT2D eigenvalue weighted by Crippen LogP contribution is 2.26. The van der Waals surface area contributed by atoms with Crippen LogP contribution in [0.2, 0.25) is 0 Å². The quantitative estimate of drug-likeness (QED) is 0.218. The van der Waals surface area contributed by atoms with Crippen molar-refractivity contribution in [3.8, 4) is 5.69 Å². The molecule has 0 saturated carbocycles. The van der Waals surface area contributed by atoms with Crippen molar-refractivity contribution in [1.82, 2.24) is 14.5 Å². The minimum absolute atomic E-state index is 0.0225. The van der Waals surface area contributed by atoms with Crippen LogP contribution in [0, 0.1) is 5.82 Å². The Morgan fingerprint density at radius 2 is 1.58 bits per heavy atom. The van der Waals surface area contributed by atoms with Gasteiger partial charge in [0.25, 0.3) is 11.5 Å². The van der Waals surface area contributed by atoms with Crippen LogP contribution >= 0.6 is 15.9 Å². The van der Waals surface area contributed by atoms with Gasteiger partial charge < -0.3 is 4.90 Å². The van der Waals surface area contributed by atoms with Gasteiger partial charge >= 0.3 is 0 Å². The van der Waals surface area contributed by atoms with Crippen molar-refractivity contribution in [2.75, 3.05) is 6.54 Å². The van der Waals surface area contributed by atoms with E-state index < -0.39 is 17.8 Å². The van der Waals surface area contributed by atoms with Gasteiger partial charge in [-0.25, -0.2) is 9.37 Å². The average molecular weight is 570 g/mol. The molecule has 1 heterocycles. The number of hydrogen-bond donors (Lipinski definition) is 0. The molecule has 1 aromatic heterocycles. The summed E-state index contributed by atoms with van der Waals surface area (Å²) in [5, 5.41) is 0.475. The lowest BCUT2D eigenvalue weighted by atomic mass is 10.1. The summed E-state index contributed by atoms with van der Waals surface area (Å²) in [6, 6.07) is 29.6. The summed E-state index contributed by atoms with van der Waals surface area (Å²) in [5.74, 6) is -0.656. The fourth-order valence-corrected chi connectivity index (χ4v) is 4.83. The van der Waals surface area contributed by atoms with Gasteiger partial charge in [-0.2, -0.15) is 0 Å². The van der Waals surface area contributed by atoms with Gasteiger partial charge in [0.05, 0.1) is 28.2 Å². The predicted octanol–water partition coefficient (Wildman–Crippen LogP) is 6.73. The Labute approximate surface area is 228 Å². The highest BCUT2D eigenvalue weighted by atomic mass is 79.9. The second kappa shape index (κ2) is 11.1. The first-order chi connectivity index (χ1) is 18.4. The van der Waals surface area contributed by atoms with Crippen LogP contribution in [-0.2, 0) is 6.42 Å². The Bertz CT molecular complexity index is 1650. The number of para-hydroxylation sites is 1. The molecule has 5 aromatic rings. The molecular formula is C31H25BrFN3O2. The van der Waals surface area contributed by atoms with Crippen LogP contribution in [0.4, 0.5) is 4.39 Å². The maximum atomic E-state index is 14.8. The molecule has 0 spiro atoms. The molecule has 190 valence electrons. The van der Waals surface area contributed by atoms with Gasteiger partial charge in [0.1, 0.15) is 11.6 Å². The third-order valence-corrected chi connectivity index (χ3v) is 7.11. The zero-order chi connectivity index (χ0) is 26.6. The number of carbonyl (C=O) groups is 1. The molecule has 0 radical (unpaired) electrons. The molecule has 0 fully saturated rings. The zero-order valence-corrected chi connectivity index (χ0v) is 22.3. The normalized spacial score (nSPS) is 11.9. The number of aromatic nitrogens is 2. The van der Waals surface area contributed by atoms with Gasteiger partial charge in [0.2, 0.25) is 0 Å². The van der Waals surface area contributed by atoms with E-state index in [0.717, 1.165) is 10.0 Å². The highest BCUT2D eigenvalue weighted by molar-refractivity contribution is 9.10. The maximum absolute atomic E-state index is 14.8. The van der Waals surface area contributed by atoms with Gasteiger partial charge in [-0.05, 0) is 67.4 Å². The summed E-state index contributed by atoms with van der Waals surface area (Å²) in [6.45, 7) is 2.14. The molecule has 7 heteroatoms. The number of rotatable bonds is 7. The number of nitrogens with zero attached hydrogens (tertiary/aromatic N) is 3. The van der Waals surface area contributed by atoms with Crippen molar-refractivity contribution in [1.29, 1.82) is 0 Å². The lowest BCUT2D eigenvalue weighted by molar-refractivity contribution is 0.0679. The Morgan fingerprint density at radius 3 is 2.32 bits per heavy atom. The van der Waals surface area contributed by atoms with Crippen molar-refractivity contribution in [2.24, 2.45) is 0 Å². The molecule has 0 bridgehead atoms. The molecule has 1 atom stereocenters.